The van der Waals surface area contributed by atoms with Crippen LogP contribution in [0.5, 0.6) is 0 Å². The maximum absolute atomic E-state index is 14.1. The Kier molecular flexibility index (Phi) is 12.4. The molecule has 12 heteroatoms. The van der Waals surface area contributed by atoms with Crippen LogP contribution in [0.2, 0.25) is 18.1 Å². The molecular formula is C31H50FN5O5Si. The van der Waals surface area contributed by atoms with E-state index >= 15 is 0 Å². The van der Waals surface area contributed by atoms with Crippen molar-refractivity contribution < 1.29 is 27.8 Å². The number of anilines is 1. The van der Waals surface area contributed by atoms with E-state index < -0.39 is 38.5 Å². The predicted molar refractivity (Wildman–Crippen MR) is 167 cm³/mol. The number of carbonyl (C=O) groups excluding carboxylic acids is 1. The van der Waals surface area contributed by atoms with Crippen LogP contribution in [0.3, 0.4) is 0 Å². The molecule has 1 fully saturated rings. The Morgan fingerprint density at radius 1 is 1.14 bits per heavy atom. The first kappa shape index (κ1) is 34.7. The molecule has 0 radical (unpaired) electrons. The molecule has 0 amide bonds. The fourth-order valence-corrected chi connectivity index (χ4v) is 6.31. The molecule has 2 N–H and O–H groups in total. The first-order valence-electron chi connectivity index (χ1n) is 15.6. The first-order chi connectivity index (χ1) is 20.3. The molecule has 1 aliphatic rings. The molecule has 3 heterocycles. The number of rotatable bonds is 16. The normalized spacial score (nSPS) is 20.8. The van der Waals surface area contributed by atoms with Gasteiger partial charge in [0.25, 0.3) is 0 Å². The zero-order valence-electron chi connectivity index (χ0n) is 26.8. The average molecular weight is 620 g/mol. The number of nitrogen functional groups attached to an aromatic ring is 1. The summed E-state index contributed by atoms with van der Waals surface area (Å²) in [7, 11) is -2.34. The summed E-state index contributed by atoms with van der Waals surface area (Å²) in [4.78, 5) is 24.2. The molecule has 240 valence electrons. The van der Waals surface area contributed by atoms with E-state index in [0.29, 0.717) is 6.42 Å². The van der Waals surface area contributed by atoms with Crippen LogP contribution in [0, 0.1) is 18.4 Å². The SMILES string of the molecule is C#C[C@]1(COC(=O)OCCCCCCCCCCCC)O[C@@H](n2cnc3c(N)nc(F)nc32)C[C@@H]1O[Si](C)(C)C(C)(C)C. The first-order valence-corrected chi connectivity index (χ1v) is 18.5. The summed E-state index contributed by atoms with van der Waals surface area (Å²) < 4.78 is 39.6. The number of nitrogens with zero attached hydrogens (tertiary/aromatic N) is 4. The van der Waals surface area contributed by atoms with E-state index in [1.165, 1.54) is 51.3 Å². The van der Waals surface area contributed by atoms with Gasteiger partial charge in [0, 0.05) is 6.42 Å². The number of fused-ring (bicyclic) bond motifs is 1. The van der Waals surface area contributed by atoms with E-state index in [-0.39, 0.29) is 35.2 Å². The van der Waals surface area contributed by atoms with Gasteiger partial charge >= 0.3 is 12.2 Å². The Balaban J connectivity index is 1.61. The van der Waals surface area contributed by atoms with Gasteiger partial charge in [0.15, 0.2) is 30.9 Å². The second-order valence-electron chi connectivity index (χ2n) is 13.0. The summed E-state index contributed by atoms with van der Waals surface area (Å²) in [6.07, 6.45) is 16.5. The summed E-state index contributed by atoms with van der Waals surface area (Å²) in [5, 5.41) is -0.118. The third kappa shape index (κ3) is 9.12. The van der Waals surface area contributed by atoms with Gasteiger partial charge in [-0.15, -0.1) is 6.42 Å². The Bertz CT molecular complexity index is 1240. The summed E-state index contributed by atoms with van der Waals surface area (Å²) in [6.45, 7) is 12.8. The fourth-order valence-electron chi connectivity index (χ4n) is 4.96. The molecule has 2 aromatic rings. The van der Waals surface area contributed by atoms with E-state index in [1.807, 2.05) is 0 Å². The third-order valence-electron chi connectivity index (χ3n) is 8.62. The Morgan fingerprint density at radius 2 is 1.77 bits per heavy atom. The van der Waals surface area contributed by atoms with Crippen molar-refractivity contribution in [1.29, 1.82) is 0 Å². The van der Waals surface area contributed by atoms with Crippen LogP contribution in [0.25, 0.3) is 11.2 Å². The highest BCUT2D eigenvalue weighted by atomic mass is 28.4. The molecule has 1 saturated heterocycles. The standard InChI is InChI=1S/C31H50FN5O5Si/c1-8-10-11-12-13-14-15-16-17-18-19-39-29(38)40-21-31(9-2)23(42-43(6,7)30(3,4)5)20-24(41-31)37-22-34-25-26(33)35-28(32)36-27(25)37/h2,22-24H,8,10-21H2,1,3-7H3,(H2,33,35,36)/t23-,24+,31+/m0/s1. The van der Waals surface area contributed by atoms with Crippen molar-refractivity contribution in [3.05, 3.63) is 12.4 Å². The molecule has 0 unspecified atom stereocenters. The third-order valence-corrected chi connectivity index (χ3v) is 13.1. The van der Waals surface area contributed by atoms with Crippen molar-refractivity contribution in [1.82, 2.24) is 19.5 Å². The summed E-state index contributed by atoms with van der Waals surface area (Å²) in [5.74, 6) is 2.63. The number of imidazole rings is 1. The van der Waals surface area contributed by atoms with E-state index in [9.17, 15) is 9.18 Å². The highest BCUT2D eigenvalue weighted by Gasteiger charge is 2.54. The topological polar surface area (TPSA) is 124 Å². The number of hydrogen-bond donors (Lipinski definition) is 1. The minimum absolute atomic E-state index is 0.0787. The van der Waals surface area contributed by atoms with Crippen molar-refractivity contribution in [2.45, 2.75) is 134 Å². The molecule has 0 aromatic carbocycles. The molecule has 43 heavy (non-hydrogen) atoms. The molecular weight excluding hydrogens is 569 g/mol. The molecule has 10 nitrogen and oxygen atoms in total. The number of aromatic nitrogens is 4. The van der Waals surface area contributed by atoms with Crippen molar-refractivity contribution in [3.63, 3.8) is 0 Å². The van der Waals surface area contributed by atoms with E-state index in [0.717, 1.165) is 19.3 Å². The highest BCUT2D eigenvalue weighted by molar-refractivity contribution is 6.74. The van der Waals surface area contributed by atoms with Gasteiger partial charge in [0.1, 0.15) is 12.8 Å². The predicted octanol–water partition coefficient (Wildman–Crippen LogP) is 7.30. The average Bonchev–Trinajstić information content (AvgIpc) is 3.51. The molecule has 1 aliphatic heterocycles. The van der Waals surface area contributed by atoms with Crippen LogP contribution in [0.1, 0.15) is 105 Å². The number of nitrogens with two attached hydrogens (primary N) is 1. The largest absolute Gasteiger partial charge is 0.508 e. The second-order valence-corrected chi connectivity index (χ2v) is 17.7. The maximum Gasteiger partial charge on any atom is 0.508 e. The molecule has 3 rings (SSSR count). The lowest BCUT2D eigenvalue weighted by Crippen LogP contribution is -2.52. The molecule has 0 saturated carbocycles. The monoisotopic (exact) mass is 619 g/mol. The van der Waals surface area contributed by atoms with E-state index in [1.54, 1.807) is 4.57 Å². The Morgan fingerprint density at radius 3 is 2.37 bits per heavy atom. The lowest BCUT2D eigenvalue weighted by atomic mass is 9.99. The van der Waals surface area contributed by atoms with Crippen LogP contribution >= 0.6 is 0 Å². The number of halogens is 1. The zero-order valence-corrected chi connectivity index (χ0v) is 27.8. The van der Waals surface area contributed by atoms with Gasteiger partial charge in [-0.3, -0.25) is 4.57 Å². The molecule has 0 bridgehead atoms. The zero-order chi connectivity index (χ0) is 31.7. The molecule has 2 aromatic heterocycles. The van der Waals surface area contributed by atoms with Crippen molar-refractivity contribution in [2.24, 2.45) is 0 Å². The van der Waals surface area contributed by atoms with Crippen molar-refractivity contribution in [3.8, 4) is 12.3 Å². The van der Waals surface area contributed by atoms with Crippen LogP contribution in [0.4, 0.5) is 15.0 Å². The van der Waals surface area contributed by atoms with Gasteiger partial charge in [-0.2, -0.15) is 14.4 Å². The Hall–Kier alpha value is -2.75. The number of hydrogen-bond acceptors (Lipinski definition) is 9. The van der Waals surface area contributed by atoms with Crippen LogP contribution in [-0.2, 0) is 18.6 Å². The molecule has 3 atom stereocenters. The van der Waals surface area contributed by atoms with E-state index in [4.69, 9.17) is 30.8 Å². The van der Waals surface area contributed by atoms with Crippen molar-refractivity contribution in [2.75, 3.05) is 18.9 Å². The van der Waals surface area contributed by atoms with E-state index in [2.05, 4.69) is 61.7 Å². The summed E-state index contributed by atoms with van der Waals surface area (Å²) in [6, 6.07) is 0. The highest BCUT2D eigenvalue weighted by Crippen LogP contribution is 2.45. The summed E-state index contributed by atoms with van der Waals surface area (Å²) >= 11 is 0. The maximum atomic E-state index is 14.1. The Labute approximate surface area is 256 Å². The minimum Gasteiger partial charge on any atom is -0.434 e. The van der Waals surface area contributed by atoms with Gasteiger partial charge in [-0.1, -0.05) is 91.4 Å². The number of unbranched alkanes of at least 4 members (excludes halogenated alkanes) is 9. The summed E-state index contributed by atoms with van der Waals surface area (Å²) in [5.41, 5.74) is 4.86. The fraction of sp³-hybridized carbons (Fsp3) is 0.742. The smallest absolute Gasteiger partial charge is 0.434 e. The van der Waals surface area contributed by atoms with Gasteiger partial charge < -0.3 is 24.4 Å². The second kappa shape index (κ2) is 15.3. The van der Waals surface area contributed by atoms with Crippen LogP contribution in [0.15, 0.2) is 6.33 Å². The number of ether oxygens (including phenoxy) is 3. The van der Waals surface area contributed by atoms with Gasteiger partial charge in [0.05, 0.1) is 19.0 Å². The van der Waals surface area contributed by atoms with Crippen molar-refractivity contribution >= 4 is 31.5 Å². The minimum atomic E-state index is -2.34. The lowest BCUT2D eigenvalue weighted by molar-refractivity contribution is -0.0957. The van der Waals surface area contributed by atoms with Gasteiger partial charge in [-0.05, 0) is 24.6 Å². The van der Waals surface area contributed by atoms with Crippen LogP contribution in [-0.4, -0.2) is 58.9 Å². The quantitative estimate of drug-likeness (QED) is 0.0677. The molecule has 0 spiro atoms. The van der Waals surface area contributed by atoms with Gasteiger partial charge in [-0.25, -0.2) is 9.78 Å². The number of terminal acetylenes is 1. The van der Waals surface area contributed by atoms with Gasteiger partial charge in [0.2, 0.25) is 0 Å². The lowest BCUT2D eigenvalue weighted by Gasteiger charge is -2.41. The van der Waals surface area contributed by atoms with Crippen LogP contribution < -0.4 is 5.73 Å². The number of carbonyl (C=O) groups is 1. The molecule has 0 aliphatic carbocycles.